The number of benzene rings is 8. The largest absolute Gasteiger partial charge is 0.457 e. The Hall–Kier alpha value is -6.12. The fraction of sp³-hybridized carbons (Fsp3) is 0.0222. The third-order valence-corrected chi connectivity index (χ3v) is 10.6. The molecule has 11 rings (SSSR count). The van der Waals surface area contributed by atoms with Gasteiger partial charge in [-0.15, -0.1) is 0 Å². The summed E-state index contributed by atoms with van der Waals surface area (Å²) in [5.74, 6) is 1.84. The minimum absolute atomic E-state index is 0.593. The first-order chi connectivity index (χ1) is 23.3. The van der Waals surface area contributed by atoms with Crippen LogP contribution in [0.25, 0.3) is 60.0 Å². The molecule has 8 aromatic carbocycles. The summed E-state index contributed by atoms with van der Waals surface area (Å²) in [7, 11) is 0. The van der Waals surface area contributed by atoms with E-state index in [-0.39, 0.29) is 0 Å². The minimum Gasteiger partial charge on any atom is -0.457 e. The number of nitrogens with zero attached hydrogens (tertiary/aromatic N) is 1. The van der Waals surface area contributed by atoms with Crippen molar-refractivity contribution >= 4 is 43.2 Å². The molecule has 0 amide bonds. The van der Waals surface area contributed by atoms with Crippen molar-refractivity contribution in [1.29, 1.82) is 0 Å². The Labute approximate surface area is 271 Å². The molecule has 1 aromatic heterocycles. The second-order valence-corrected chi connectivity index (χ2v) is 12.9. The summed E-state index contributed by atoms with van der Waals surface area (Å²) in [6, 6.07) is 57.7. The summed E-state index contributed by atoms with van der Waals surface area (Å²) in [5, 5.41) is 8.49. The van der Waals surface area contributed by atoms with Gasteiger partial charge in [0.05, 0.1) is 16.6 Å². The molecule has 1 aliphatic carbocycles. The van der Waals surface area contributed by atoms with Crippen LogP contribution >= 0.6 is 0 Å². The Kier molecular flexibility index (Phi) is 4.80. The standard InChI is InChI=1S/C45H27NO/c1-2-17-33(18-3-1)45-36-24-29-13-4-5-14-30(29)26-39(36)47-40-27-32-16-6-9-19-34(32)41(43(40)45)42-37(45)25-31-15-7-10-20-35(31)44(42)46-23-22-28-12-8-11-21-38(28)46/h1-27H. The molecule has 2 heterocycles. The van der Waals surface area contributed by atoms with Gasteiger partial charge in [-0.3, -0.25) is 0 Å². The van der Waals surface area contributed by atoms with Gasteiger partial charge in [0.15, 0.2) is 0 Å². The summed E-state index contributed by atoms with van der Waals surface area (Å²) in [6.45, 7) is 0. The Balaban J connectivity index is 1.43. The summed E-state index contributed by atoms with van der Waals surface area (Å²) < 4.78 is 9.47. The lowest BCUT2D eigenvalue weighted by atomic mass is 9.65. The molecule has 1 atom stereocenters. The molecule has 9 aromatic rings. The fourth-order valence-corrected chi connectivity index (χ4v) is 8.71. The highest BCUT2D eigenvalue weighted by Crippen LogP contribution is 2.66. The van der Waals surface area contributed by atoms with Gasteiger partial charge >= 0.3 is 0 Å². The summed E-state index contributed by atoms with van der Waals surface area (Å²) in [4.78, 5) is 0. The molecule has 0 spiro atoms. The van der Waals surface area contributed by atoms with E-state index in [2.05, 4.69) is 168 Å². The summed E-state index contributed by atoms with van der Waals surface area (Å²) in [6.07, 6.45) is 2.25. The Morgan fingerprint density at radius 3 is 1.85 bits per heavy atom. The molecule has 218 valence electrons. The Bertz CT molecular complexity index is 2770. The molecule has 2 heteroatoms. The number of para-hydroxylation sites is 1. The van der Waals surface area contributed by atoms with Crippen LogP contribution in [0.2, 0.25) is 0 Å². The van der Waals surface area contributed by atoms with Crippen molar-refractivity contribution in [2.24, 2.45) is 0 Å². The number of fused-ring (bicyclic) bond motifs is 10. The number of hydrogen-bond donors (Lipinski definition) is 0. The van der Waals surface area contributed by atoms with Crippen molar-refractivity contribution < 1.29 is 4.74 Å². The van der Waals surface area contributed by atoms with Crippen LogP contribution in [0, 0.1) is 0 Å². The van der Waals surface area contributed by atoms with Gasteiger partial charge in [0.2, 0.25) is 0 Å². The zero-order chi connectivity index (χ0) is 30.7. The van der Waals surface area contributed by atoms with Gasteiger partial charge < -0.3 is 9.30 Å². The lowest BCUT2D eigenvalue weighted by molar-refractivity contribution is 0.440. The van der Waals surface area contributed by atoms with E-state index in [9.17, 15) is 0 Å². The van der Waals surface area contributed by atoms with Crippen LogP contribution in [0.4, 0.5) is 0 Å². The molecule has 0 radical (unpaired) electrons. The fourth-order valence-electron chi connectivity index (χ4n) is 8.71. The van der Waals surface area contributed by atoms with E-state index in [4.69, 9.17) is 4.74 Å². The van der Waals surface area contributed by atoms with Crippen molar-refractivity contribution in [3.05, 3.63) is 186 Å². The Morgan fingerprint density at radius 2 is 1.04 bits per heavy atom. The van der Waals surface area contributed by atoms with Gasteiger partial charge in [0.25, 0.3) is 0 Å². The monoisotopic (exact) mass is 597 g/mol. The lowest BCUT2D eigenvalue weighted by Crippen LogP contribution is -2.32. The molecule has 1 aliphatic heterocycles. The second-order valence-electron chi connectivity index (χ2n) is 12.9. The van der Waals surface area contributed by atoms with E-state index >= 15 is 0 Å². The van der Waals surface area contributed by atoms with Crippen LogP contribution < -0.4 is 4.74 Å². The van der Waals surface area contributed by atoms with E-state index in [0.717, 1.165) is 11.5 Å². The third kappa shape index (κ3) is 3.15. The van der Waals surface area contributed by atoms with Crippen LogP contribution in [0.15, 0.2) is 164 Å². The number of aromatic nitrogens is 1. The van der Waals surface area contributed by atoms with E-state index in [1.807, 2.05) is 0 Å². The SMILES string of the molecule is c1ccc(C23c4cc5ccccc5cc4Oc4cc5ccccc5c(c42)-c2c3cc3ccccc3c2-n2ccc3ccccc32)cc1. The summed E-state index contributed by atoms with van der Waals surface area (Å²) >= 11 is 0. The molecule has 1 unspecified atom stereocenters. The van der Waals surface area contributed by atoms with Gasteiger partial charge in [-0.05, 0) is 79.8 Å². The molecular weight excluding hydrogens is 571 g/mol. The van der Waals surface area contributed by atoms with Crippen molar-refractivity contribution in [2.75, 3.05) is 0 Å². The van der Waals surface area contributed by atoms with Crippen molar-refractivity contribution in [1.82, 2.24) is 4.57 Å². The van der Waals surface area contributed by atoms with E-state index < -0.39 is 5.41 Å². The molecule has 0 bridgehead atoms. The van der Waals surface area contributed by atoms with Gasteiger partial charge in [-0.1, -0.05) is 121 Å². The van der Waals surface area contributed by atoms with Crippen molar-refractivity contribution in [3.8, 4) is 28.3 Å². The molecule has 2 aliphatic rings. The highest BCUT2D eigenvalue weighted by atomic mass is 16.5. The average molecular weight is 598 g/mol. The highest BCUT2D eigenvalue weighted by molar-refractivity contribution is 6.13. The van der Waals surface area contributed by atoms with Crippen LogP contribution in [0.5, 0.6) is 11.5 Å². The van der Waals surface area contributed by atoms with Crippen LogP contribution in [0.1, 0.15) is 22.3 Å². The van der Waals surface area contributed by atoms with E-state index in [1.165, 1.54) is 82.3 Å². The first-order valence-corrected chi connectivity index (χ1v) is 16.3. The molecule has 0 N–H and O–H groups in total. The number of hydrogen-bond acceptors (Lipinski definition) is 1. The third-order valence-electron chi connectivity index (χ3n) is 10.6. The zero-order valence-corrected chi connectivity index (χ0v) is 25.4. The van der Waals surface area contributed by atoms with E-state index in [1.54, 1.807) is 0 Å². The van der Waals surface area contributed by atoms with Gasteiger partial charge in [0, 0.05) is 33.8 Å². The topological polar surface area (TPSA) is 14.2 Å². The highest BCUT2D eigenvalue weighted by Gasteiger charge is 2.53. The molecule has 47 heavy (non-hydrogen) atoms. The first-order valence-electron chi connectivity index (χ1n) is 16.3. The predicted octanol–water partition coefficient (Wildman–Crippen LogP) is 11.6. The smallest absolute Gasteiger partial charge is 0.133 e. The summed E-state index contributed by atoms with van der Waals surface area (Å²) in [5.41, 5.74) is 9.30. The molecular formula is C45H27NO. The molecule has 0 fully saturated rings. The number of rotatable bonds is 2. The molecule has 0 saturated heterocycles. The van der Waals surface area contributed by atoms with Gasteiger partial charge in [0.1, 0.15) is 11.5 Å². The first kappa shape index (κ1) is 25.1. The zero-order valence-electron chi connectivity index (χ0n) is 25.4. The van der Waals surface area contributed by atoms with Gasteiger partial charge in [-0.25, -0.2) is 0 Å². The molecule has 0 saturated carbocycles. The predicted molar refractivity (Wildman–Crippen MR) is 193 cm³/mol. The quantitative estimate of drug-likeness (QED) is 0.193. The second kappa shape index (κ2) is 8.99. The average Bonchev–Trinajstić information content (AvgIpc) is 3.69. The van der Waals surface area contributed by atoms with Crippen LogP contribution in [-0.2, 0) is 5.41 Å². The van der Waals surface area contributed by atoms with Crippen molar-refractivity contribution in [3.63, 3.8) is 0 Å². The van der Waals surface area contributed by atoms with Crippen LogP contribution in [-0.4, -0.2) is 4.57 Å². The number of ether oxygens (including phenoxy) is 1. The van der Waals surface area contributed by atoms with Crippen molar-refractivity contribution in [2.45, 2.75) is 5.41 Å². The maximum absolute atomic E-state index is 7.05. The normalized spacial score (nSPS) is 15.9. The lowest BCUT2D eigenvalue weighted by Gasteiger charge is -2.39. The minimum atomic E-state index is -0.593. The Morgan fingerprint density at radius 1 is 0.447 bits per heavy atom. The maximum atomic E-state index is 7.05. The van der Waals surface area contributed by atoms with E-state index in [0.29, 0.717) is 0 Å². The molecule has 2 nitrogen and oxygen atoms in total. The maximum Gasteiger partial charge on any atom is 0.133 e. The van der Waals surface area contributed by atoms with Gasteiger partial charge in [-0.2, -0.15) is 0 Å². The van der Waals surface area contributed by atoms with Crippen LogP contribution in [0.3, 0.4) is 0 Å².